The molecule has 0 aromatic rings. The Kier molecular flexibility index (Phi) is 5.60. The van der Waals surface area contributed by atoms with Gasteiger partial charge in [0.1, 0.15) is 5.54 Å². The summed E-state index contributed by atoms with van der Waals surface area (Å²) < 4.78 is 0. The van der Waals surface area contributed by atoms with E-state index in [4.69, 9.17) is 0 Å². The third-order valence-corrected chi connectivity index (χ3v) is 4.58. The van der Waals surface area contributed by atoms with Gasteiger partial charge in [0.05, 0.1) is 0 Å². The summed E-state index contributed by atoms with van der Waals surface area (Å²) in [6.07, 6.45) is 4.43. The minimum Gasteiger partial charge on any atom is -0.480 e. The zero-order valence-electron chi connectivity index (χ0n) is 12.2. The lowest BCUT2D eigenvalue weighted by Crippen LogP contribution is -2.53. The van der Waals surface area contributed by atoms with Crippen LogP contribution in [-0.4, -0.2) is 47.7 Å². The van der Waals surface area contributed by atoms with Crippen molar-refractivity contribution in [2.24, 2.45) is 5.92 Å². The number of likely N-dealkylation sites (tertiary alicyclic amines) is 1. The van der Waals surface area contributed by atoms with Crippen molar-refractivity contribution in [3.63, 3.8) is 0 Å². The lowest BCUT2D eigenvalue weighted by molar-refractivity contribution is -0.144. The molecule has 0 aromatic carbocycles. The van der Waals surface area contributed by atoms with E-state index in [0.29, 0.717) is 12.5 Å². The Morgan fingerprint density at radius 1 is 1.50 bits per heavy atom. The van der Waals surface area contributed by atoms with Gasteiger partial charge in [-0.05, 0) is 59.2 Å². The summed E-state index contributed by atoms with van der Waals surface area (Å²) in [6, 6.07) is 0.316. The van der Waals surface area contributed by atoms with Gasteiger partial charge in [0.25, 0.3) is 0 Å². The number of piperidine rings is 1. The first-order valence-corrected chi connectivity index (χ1v) is 7.09. The van der Waals surface area contributed by atoms with E-state index in [2.05, 4.69) is 24.1 Å². The number of hydrogen-bond donors (Lipinski definition) is 2. The zero-order chi connectivity index (χ0) is 13.8. The molecule has 4 nitrogen and oxygen atoms in total. The van der Waals surface area contributed by atoms with Crippen LogP contribution in [0, 0.1) is 5.92 Å². The van der Waals surface area contributed by atoms with Crippen LogP contribution in [0.1, 0.15) is 46.5 Å². The molecule has 0 aromatic heterocycles. The van der Waals surface area contributed by atoms with E-state index in [1.165, 1.54) is 19.3 Å². The second-order valence-electron chi connectivity index (χ2n) is 5.83. The highest BCUT2D eigenvalue weighted by atomic mass is 16.4. The number of nitrogens with zero attached hydrogens (tertiary/aromatic N) is 1. The molecule has 2 atom stereocenters. The topological polar surface area (TPSA) is 52.6 Å². The molecule has 0 radical (unpaired) electrons. The maximum absolute atomic E-state index is 11.3. The molecule has 1 aliphatic heterocycles. The fourth-order valence-corrected chi connectivity index (χ4v) is 2.82. The summed E-state index contributed by atoms with van der Waals surface area (Å²) in [5.74, 6) is 0.101. The van der Waals surface area contributed by atoms with Crippen LogP contribution < -0.4 is 5.32 Å². The van der Waals surface area contributed by atoms with Gasteiger partial charge >= 0.3 is 5.97 Å². The Hall–Kier alpha value is -0.610. The Morgan fingerprint density at radius 3 is 2.44 bits per heavy atom. The summed E-state index contributed by atoms with van der Waals surface area (Å²) in [6.45, 7) is 8.39. The van der Waals surface area contributed by atoms with Crippen molar-refractivity contribution < 1.29 is 9.90 Å². The molecular formula is C14H28N2O2. The van der Waals surface area contributed by atoms with Gasteiger partial charge < -0.3 is 15.3 Å². The molecule has 106 valence electrons. The smallest absolute Gasteiger partial charge is 0.323 e. The normalized spacial score (nSPS) is 23.6. The summed E-state index contributed by atoms with van der Waals surface area (Å²) in [5.41, 5.74) is -0.818. The van der Waals surface area contributed by atoms with Crippen LogP contribution in [0.5, 0.6) is 0 Å². The van der Waals surface area contributed by atoms with Gasteiger partial charge in [-0.1, -0.05) is 13.3 Å². The van der Waals surface area contributed by atoms with Crippen LogP contribution in [0.3, 0.4) is 0 Å². The van der Waals surface area contributed by atoms with Crippen LogP contribution in [0.4, 0.5) is 0 Å². The van der Waals surface area contributed by atoms with Crippen molar-refractivity contribution in [1.29, 1.82) is 0 Å². The molecule has 0 spiro atoms. The van der Waals surface area contributed by atoms with Gasteiger partial charge in [-0.25, -0.2) is 0 Å². The van der Waals surface area contributed by atoms with E-state index >= 15 is 0 Å². The van der Waals surface area contributed by atoms with Gasteiger partial charge in [-0.3, -0.25) is 4.79 Å². The molecule has 0 saturated carbocycles. The molecule has 1 rings (SSSR count). The van der Waals surface area contributed by atoms with Crippen molar-refractivity contribution in [2.45, 2.75) is 58.0 Å². The molecule has 2 N–H and O–H groups in total. The van der Waals surface area contributed by atoms with E-state index < -0.39 is 11.5 Å². The van der Waals surface area contributed by atoms with Crippen LogP contribution in [-0.2, 0) is 4.79 Å². The van der Waals surface area contributed by atoms with Crippen LogP contribution >= 0.6 is 0 Å². The van der Waals surface area contributed by atoms with Crippen molar-refractivity contribution in [1.82, 2.24) is 10.2 Å². The highest BCUT2D eigenvalue weighted by molar-refractivity contribution is 5.78. The number of carboxylic acid groups (broad SMARTS) is 1. The second-order valence-corrected chi connectivity index (χ2v) is 5.83. The lowest BCUT2D eigenvalue weighted by Gasteiger charge is -2.38. The van der Waals surface area contributed by atoms with Crippen molar-refractivity contribution in [3.8, 4) is 0 Å². The molecule has 1 fully saturated rings. The number of carboxylic acids is 1. The molecule has 1 aliphatic rings. The molecule has 0 bridgehead atoms. The quantitative estimate of drug-likeness (QED) is 0.762. The standard InChI is InChI=1S/C14H28N2O2/c1-5-12-6-8-16(9-7-12)11(2)10-14(3,15-4)13(17)18/h11-12,15H,5-10H2,1-4H3,(H,17,18). The highest BCUT2D eigenvalue weighted by Gasteiger charge is 2.35. The fraction of sp³-hybridized carbons (Fsp3) is 0.929. The van der Waals surface area contributed by atoms with E-state index in [1.54, 1.807) is 14.0 Å². The monoisotopic (exact) mass is 256 g/mol. The van der Waals surface area contributed by atoms with Gasteiger partial charge in [0, 0.05) is 6.04 Å². The second kappa shape index (κ2) is 6.53. The van der Waals surface area contributed by atoms with Gasteiger partial charge in [-0.15, -0.1) is 0 Å². The molecule has 0 amide bonds. The molecular weight excluding hydrogens is 228 g/mol. The third-order valence-electron chi connectivity index (χ3n) is 4.58. The van der Waals surface area contributed by atoms with Crippen LogP contribution in [0.15, 0.2) is 0 Å². The van der Waals surface area contributed by atoms with Crippen molar-refractivity contribution >= 4 is 5.97 Å². The molecule has 4 heteroatoms. The molecule has 18 heavy (non-hydrogen) atoms. The molecule has 1 saturated heterocycles. The van der Waals surface area contributed by atoms with E-state index in [0.717, 1.165) is 19.0 Å². The minimum atomic E-state index is -0.818. The van der Waals surface area contributed by atoms with Crippen molar-refractivity contribution in [3.05, 3.63) is 0 Å². The van der Waals surface area contributed by atoms with Crippen molar-refractivity contribution in [2.75, 3.05) is 20.1 Å². The Labute approximate surface area is 111 Å². The Balaban J connectivity index is 2.50. The minimum absolute atomic E-state index is 0.316. The van der Waals surface area contributed by atoms with E-state index in [9.17, 15) is 9.90 Å². The molecule has 2 unspecified atom stereocenters. The van der Waals surface area contributed by atoms with Gasteiger partial charge in [-0.2, -0.15) is 0 Å². The summed E-state index contributed by atoms with van der Waals surface area (Å²) in [7, 11) is 1.73. The SMILES string of the molecule is CCC1CCN(C(C)CC(C)(NC)C(=O)O)CC1. The zero-order valence-corrected chi connectivity index (χ0v) is 12.2. The van der Waals surface area contributed by atoms with E-state index in [1.807, 2.05) is 0 Å². The fourth-order valence-electron chi connectivity index (χ4n) is 2.82. The maximum Gasteiger partial charge on any atom is 0.323 e. The number of aliphatic carboxylic acids is 1. The third kappa shape index (κ3) is 3.69. The predicted octanol–water partition coefficient (Wildman–Crippen LogP) is 1.95. The largest absolute Gasteiger partial charge is 0.480 e. The number of rotatable bonds is 6. The van der Waals surface area contributed by atoms with Crippen LogP contribution in [0.2, 0.25) is 0 Å². The van der Waals surface area contributed by atoms with Gasteiger partial charge in [0.2, 0.25) is 0 Å². The average Bonchev–Trinajstić information content (AvgIpc) is 2.38. The first-order valence-electron chi connectivity index (χ1n) is 7.09. The number of likely N-dealkylation sites (N-methyl/N-ethyl adjacent to an activating group) is 1. The predicted molar refractivity (Wildman–Crippen MR) is 73.8 cm³/mol. The van der Waals surface area contributed by atoms with E-state index in [-0.39, 0.29) is 0 Å². The number of carbonyl (C=O) groups is 1. The maximum atomic E-state index is 11.3. The summed E-state index contributed by atoms with van der Waals surface area (Å²) in [4.78, 5) is 13.7. The average molecular weight is 256 g/mol. The molecule has 0 aliphatic carbocycles. The highest BCUT2D eigenvalue weighted by Crippen LogP contribution is 2.24. The summed E-state index contributed by atoms with van der Waals surface area (Å²) >= 11 is 0. The first-order chi connectivity index (χ1) is 8.42. The number of nitrogens with one attached hydrogen (secondary N) is 1. The molecule has 1 heterocycles. The Bertz CT molecular complexity index is 275. The Morgan fingerprint density at radius 2 is 2.06 bits per heavy atom. The van der Waals surface area contributed by atoms with Crippen LogP contribution in [0.25, 0.3) is 0 Å². The lowest BCUT2D eigenvalue weighted by atomic mass is 9.89. The first kappa shape index (κ1) is 15.4. The number of hydrogen-bond acceptors (Lipinski definition) is 3. The van der Waals surface area contributed by atoms with Gasteiger partial charge in [0.15, 0.2) is 0 Å². The summed E-state index contributed by atoms with van der Waals surface area (Å²) in [5, 5.41) is 12.2.